The van der Waals surface area contributed by atoms with Crippen LogP contribution in [0.2, 0.25) is 0 Å². The standard InChI is InChI=1S/C11H24O3/c1-2-8-13-10-5-6-11-14-9-4-3-7-12/h12H,2-11H2,1H3. The Labute approximate surface area is 87.4 Å². The highest BCUT2D eigenvalue weighted by Crippen LogP contribution is 1.94. The molecule has 1 N–H and O–H groups in total. The van der Waals surface area contributed by atoms with Gasteiger partial charge in [0.2, 0.25) is 0 Å². The first-order chi connectivity index (χ1) is 6.91. The van der Waals surface area contributed by atoms with E-state index in [4.69, 9.17) is 14.6 Å². The van der Waals surface area contributed by atoms with E-state index in [-0.39, 0.29) is 6.61 Å². The van der Waals surface area contributed by atoms with E-state index in [1.807, 2.05) is 0 Å². The second-order valence-corrected chi connectivity index (χ2v) is 3.36. The fourth-order valence-electron chi connectivity index (χ4n) is 1.07. The van der Waals surface area contributed by atoms with Gasteiger partial charge in [0.05, 0.1) is 0 Å². The Balaban J connectivity index is 2.78. The summed E-state index contributed by atoms with van der Waals surface area (Å²) in [4.78, 5) is 0. The van der Waals surface area contributed by atoms with Crippen LogP contribution in [0.3, 0.4) is 0 Å². The first kappa shape index (κ1) is 13.9. The lowest BCUT2D eigenvalue weighted by Crippen LogP contribution is -2.01. The number of ether oxygens (including phenoxy) is 2. The van der Waals surface area contributed by atoms with Gasteiger partial charge in [-0.15, -0.1) is 0 Å². The lowest BCUT2D eigenvalue weighted by Gasteiger charge is -2.04. The molecule has 0 rings (SSSR count). The first-order valence-electron chi connectivity index (χ1n) is 5.68. The highest BCUT2D eigenvalue weighted by atomic mass is 16.5. The van der Waals surface area contributed by atoms with Crippen molar-refractivity contribution in [3.63, 3.8) is 0 Å². The second-order valence-electron chi connectivity index (χ2n) is 3.36. The quantitative estimate of drug-likeness (QED) is 0.523. The van der Waals surface area contributed by atoms with Crippen LogP contribution >= 0.6 is 0 Å². The summed E-state index contributed by atoms with van der Waals surface area (Å²) in [6.07, 6.45) is 5.06. The minimum Gasteiger partial charge on any atom is -0.396 e. The zero-order valence-electron chi connectivity index (χ0n) is 9.33. The molecule has 0 saturated carbocycles. The molecule has 0 atom stereocenters. The summed E-state index contributed by atoms with van der Waals surface area (Å²) in [7, 11) is 0. The average molecular weight is 204 g/mol. The summed E-state index contributed by atoms with van der Waals surface area (Å²) in [6.45, 7) is 5.71. The topological polar surface area (TPSA) is 38.7 Å². The summed E-state index contributed by atoms with van der Waals surface area (Å²) < 4.78 is 10.7. The Morgan fingerprint density at radius 1 is 0.786 bits per heavy atom. The van der Waals surface area contributed by atoms with E-state index in [1.54, 1.807) is 0 Å². The van der Waals surface area contributed by atoms with Crippen molar-refractivity contribution in [2.45, 2.75) is 39.0 Å². The van der Waals surface area contributed by atoms with Crippen molar-refractivity contribution in [1.29, 1.82) is 0 Å². The third kappa shape index (κ3) is 11.9. The van der Waals surface area contributed by atoms with Crippen LogP contribution in [0.4, 0.5) is 0 Å². The van der Waals surface area contributed by atoms with E-state index >= 15 is 0 Å². The second kappa shape index (κ2) is 12.9. The van der Waals surface area contributed by atoms with Crippen molar-refractivity contribution in [3.8, 4) is 0 Å². The van der Waals surface area contributed by atoms with Gasteiger partial charge in [-0.2, -0.15) is 0 Å². The van der Waals surface area contributed by atoms with Gasteiger partial charge in [-0.3, -0.25) is 0 Å². The van der Waals surface area contributed by atoms with Crippen LogP contribution in [-0.4, -0.2) is 38.1 Å². The van der Waals surface area contributed by atoms with Crippen LogP contribution in [0, 0.1) is 0 Å². The van der Waals surface area contributed by atoms with Crippen molar-refractivity contribution in [1.82, 2.24) is 0 Å². The van der Waals surface area contributed by atoms with Gasteiger partial charge in [-0.25, -0.2) is 0 Å². The monoisotopic (exact) mass is 204 g/mol. The van der Waals surface area contributed by atoms with Crippen LogP contribution in [0.5, 0.6) is 0 Å². The summed E-state index contributed by atoms with van der Waals surface area (Å²) in [6, 6.07) is 0. The van der Waals surface area contributed by atoms with Crippen LogP contribution in [0.15, 0.2) is 0 Å². The number of rotatable bonds is 11. The molecule has 0 fully saturated rings. The Kier molecular flexibility index (Phi) is 12.8. The van der Waals surface area contributed by atoms with Gasteiger partial charge in [-0.1, -0.05) is 6.92 Å². The predicted molar refractivity (Wildman–Crippen MR) is 57.5 cm³/mol. The molecular formula is C11H24O3. The highest BCUT2D eigenvalue weighted by molar-refractivity contribution is 4.40. The Morgan fingerprint density at radius 3 is 1.79 bits per heavy atom. The molecular weight excluding hydrogens is 180 g/mol. The van der Waals surface area contributed by atoms with E-state index in [9.17, 15) is 0 Å². The van der Waals surface area contributed by atoms with Crippen molar-refractivity contribution >= 4 is 0 Å². The maximum Gasteiger partial charge on any atom is 0.0466 e. The summed E-state index contributed by atoms with van der Waals surface area (Å²) in [5.74, 6) is 0. The van der Waals surface area contributed by atoms with Crippen LogP contribution < -0.4 is 0 Å². The fraction of sp³-hybridized carbons (Fsp3) is 1.00. The molecule has 0 bridgehead atoms. The van der Waals surface area contributed by atoms with Gasteiger partial charge in [0.1, 0.15) is 0 Å². The third-order valence-electron chi connectivity index (χ3n) is 1.87. The molecule has 0 aliphatic rings. The van der Waals surface area contributed by atoms with Gasteiger partial charge in [0.15, 0.2) is 0 Å². The number of hydrogen-bond donors (Lipinski definition) is 1. The Morgan fingerprint density at radius 2 is 1.29 bits per heavy atom. The molecule has 3 nitrogen and oxygen atoms in total. The molecule has 0 radical (unpaired) electrons. The molecule has 0 aromatic heterocycles. The van der Waals surface area contributed by atoms with Gasteiger partial charge in [0.25, 0.3) is 0 Å². The number of unbranched alkanes of at least 4 members (excludes halogenated alkanes) is 2. The zero-order valence-corrected chi connectivity index (χ0v) is 9.33. The smallest absolute Gasteiger partial charge is 0.0466 e. The van der Waals surface area contributed by atoms with Crippen LogP contribution in [0.25, 0.3) is 0 Å². The summed E-state index contributed by atoms with van der Waals surface area (Å²) >= 11 is 0. The SMILES string of the molecule is CCCOCCCCOCCCCO. The first-order valence-corrected chi connectivity index (χ1v) is 5.68. The maximum absolute atomic E-state index is 8.52. The van der Waals surface area contributed by atoms with Gasteiger partial charge in [-0.05, 0) is 32.1 Å². The number of hydrogen-bond acceptors (Lipinski definition) is 3. The van der Waals surface area contributed by atoms with E-state index in [2.05, 4.69) is 6.92 Å². The minimum atomic E-state index is 0.272. The molecule has 86 valence electrons. The van der Waals surface area contributed by atoms with Gasteiger partial charge >= 0.3 is 0 Å². The van der Waals surface area contributed by atoms with E-state index in [0.717, 1.165) is 58.5 Å². The molecule has 0 unspecified atom stereocenters. The molecule has 0 aliphatic carbocycles. The number of aliphatic hydroxyl groups excluding tert-OH is 1. The van der Waals surface area contributed by atoms with E-state index in [1.165, 1.54) is 0 Å². The number of aliphatic hydroxyl groups is 1. The van der Waals surface area contributed by atoms with Crippen molar-refractivity contribution < 1.29 is 14.6 Å². The Bertz CT molecular complexity index is 84.5. The van der Waals surface area contributed by atoms with Crippen molar-refractivity contribution in [2.75, 3.05) is 33.0 Å². The van der Waals surface area contributed by atoms with Gasteiger partial charge in [0, 0.05) is 33.0 Å². The Hall–Kier alpha value is -0.120. The predicted octanol–water partition coefficient (Wildman–Crippen LogP) is 1.98. The van der Waals surface area contributed by atoms with E-state index in [0.29, 0.717) is 0 Å². The maximum atomic E-state index is 8.52. The minimum absolute atomic E-state index is 0.272. The molecule has 0 spiro atoms. The molecule has 14 heavy (non-hydrogen) atoms. The average Bonchev–Trinajstić information content (AvgIpc) is 2.21. The van der Waals surface area contributed by atoms with Crippen molar-refractivity contribution in [2.24, 2.45) is 0 Å². The van der Waals surface area contributed by atoms with Crippen molar-refractivity contribution in [3.05, 3.63) is 0 Å². The molecule has 0 amide bonds. The summed E-state index contributed by atoms with van der Waals surface area (Å²) in [5, 5.41) is 8.52. The molecule has 0 saturated heterocycles. The largest absolute Gasteiger partial charge is 0.396 e. The highest BCUT2D eigenvalue weighted by Gasteiger charge is 1.91. The normalized spacial score (nSPS) is 10.7. The molecule has 0 aliphatic heterocycles. The lowest BCUT2D eigenvalue weighted by atomic mass is 10.3. The van der Waals surface area contributed by atoms with Crippen LogP contribution in [-0.2, 0) is 9.47 Å². The lowest BCUT2D eigenvalue weighted by molar-refractivity contribution is 0.0993. The molecule has 0 heterocycles. The van der Waals surface area contributed by atoms with Crippen LogP contribution in [0.1, 0.15) is 39.0 Å². The summed E-state index contributed by atoms with van der Waals surface area (Å²) in [5.41, 5.74) is 0. The van der Waals surface area contributed by atoms with Gasteiger partial charge < -0.3 is 14.6 Å². The molecule has 0 aromatic rings. The zero-order chi connectivity index (χ0) is 10.5. The molecule has 3 heteroatoms. The fourth-order valence-corrected chi connectivity index (χ4v) is 1.07. The van der Waals surface area contributed by atoms with E-state index < -0.39 is 0 Å². The third-order valence-corrected chi connectivity index (χ3v) is 1.87. The molecule has 0 aromatic carbocycles.